The van der Waals surface area contributed by atoms with Crippen LogP contribution in [-0.4, -0.2) is 31.1 Å². The van der Waals surface area contributed by atoms with E-state index in [1.165, 1.54) is 0 Å². The zero-order chi connectivity index (χ0) is 16.4. The quantitative estimate of drug-likeness (QED) is 0.500. The van der Waals surface area contributed by atoms with Gasteiger partial charge in [0, 0.05) is 37.8 Å². The Labute approximate surface area is 138 Å². The van der Waals surface area contributed by atoms with Crippen molar-refractivity contribution in [2.45, 2.75) is 26.3 Å². The van der Waals surface area contributed by atoms with E-state index < -0.39 is 40.7 Å². The molecule has 0 amide bonds. The van der Waals surface area contributed by atoms with Crippen LogP contribution < -0.4 is 5.32 Å². The molecule has 1 fully saturated rings. The van der Waals surface area contributed by atoms with Crippen LogP contribution in [0.5, 0.6) is 0 Å². The van der Waals surface area contributed by atoms with Gasteiger partial charge in [-0.2, -0.15) is 0 Å². The number of nitrogens with one attached hydrogen (secondary N) is 1. The molecular weight excluding hydrogens is 339 g/mol. The van der Waals surface area contributed by atoms with Crippen LogP contribution in [0.4, 0.5) is 22.0 Å². The van der Waals surface area contributed by atoms with Crippen molar-refractivity contribution in [3.05, 3.63) is 34.6 Å². The van der Waals surface area contributed by atoms with Crippen molar-refractivity contribution in [2.24, 2.45) is 5.92 Å². The van der Waals surface area contributed by atoms with Gasteiger partial charge in [0.1, 0.15) is 0 Å². The molecule has 0 aliphatic carbocycles. The predicted molar refractivity (Wildman–Crippen MR) is 80.1 cm³/mol. The van der Waals surface area contributed by atoms with Gasteiger partial charge in [-0.15, -0.1) is 12.4 Å². The van der Waals surface area contributed by atoms with Gasteiger partial charge in [0.25, 0.3) is 0 Å². The summed E-state index contributed by atoms with van der Waals surface area (Å²) in [5.74, 6) is -9.26. The van der Waals surface area contributed by atoms with Gasteiger partial charge >= 0.3 is 0 Å². The number of piperazine rings is 1. The number of rotatable bonds is 4. The van der Waals surface area contributed by atoms with Crippen molar-refractivity contribution in [1.29, 1.82) is 0 Å². The van der Waals surface area contributed by atoms with Gasteiger partial charge in [0.15, 0.2) is 23.3 Å². The van der Waals surface area contributed by atoms with Crippen molar-refractivity contribution in [3.8, 4) is 0 Å². The molecule has 1 atom stereocenters. The van der Waals surface area contributed by atoms with Crippen LogP contribution in [0.25, 0.3) is 0 Å². The lowest BCUT2D eigenvalue weighted by molar-refractivity contribution is 0.145. The zero-order valence-corrected chi connectivity index (χ0v) is 13.8. The van der Waals surface area contributed by atoms with Crippen LogP contribution in [0, 0.1) is 35.0 Å². The van der Waals surface area contributed by atoms with Crippen molar-refractivity contribution in [2.75, 3.05) is 26.2 Å². The van der Waals surface area contributed by atoms with Crippen LogP contribution in [0.2, 0.25) is 0 Å². The summed E-state index contributed by atoms with van der Waals surface area (Å²) in [5, 5.41) is 3.10. The molecule has 0 spiro atoms. The van der Waals surface area contributed by atoms with Crippen molar-refractivity contribution < 1.29 is 22.0 Å². The van der Waals surface area contributed by atoms with Gasteiger partial charge in [-0.05, 0) is 12.3 Å². The molecule has 1 heterocycles. The fraction of sp³-hybridized carbons (Fsp3) is 0.600. The lowest BCUT2D eigenvalue weighted by Gasteiger charge is -2.36. The van der Waals surface area contributed by atoms with Crippen LogP contribution in [-0.2, 0) is 0 Å². The molecule has 0 aromatic heterocycles. The van der Waals surface area contributed by atoms with E-state index in [1.54, 1.807) is 4.90 Å². The van der Waals surface area contributed by atoms with Crippen LogP contribution in [0.1, 0.15) is 31.9 Å². The first kappa shape index (κ1) is 20.1. The van der Waals surface area contributed by atoms with E-state index in [0.29, 0.717) is 32.6 Å². The third-order valence-electron chi connectivity index (χ3n) is 3.86. The molecule has 0 unspecified atom stereocenters. The molecule has 0 bridgehead atoms. The molecule has 1 N–H and O–H groups in total. The molecule has 1 aromatic rings. The van der Waals surface area contributed by atoms with Gasteiger partial charge in [-0.1, -0.05) is 13.8 Å². The highest BCUT2D eigenvalue weighted by atomic mass is 35.5. The summed E-state index contributed by atoms with van der Waals surface area (Å²) >= 11 is 0. The topological polar surface area (TPSA) is 15.3 Å². The summed E-state index contributed by atoms with van der Waals surface area (Å²) in [6, 6.07) is -0.827. The number of nitrogens with zero attached hydrogens (tertiary/aromatic N) is 1. The number of hydrogen-bond acceptors (Lipinski definition) is 2. The fourth-order valence-corrected chi connectivity index (χ4v) is 2.80. The Morgan fingerprint density at radius 2 is 1.30 bits per heavy atom. The molecule has 8 heteroatoms. The lowest BCUT2D eigenvalue weighted by Crippen LogP contribution is -2.46. The minimum absolute atomic E-state index is 0. The molecule has 1 aromatic carbocycles. The molecule has 0 radical (unpaired) electrons. The number of halogens is 6. The maximum atomic E-state index is 14.1. The largest absolute Gasteiger partial charge is 0.314 e. The average Bonchev–Trinajstić information content (AvgIpc) is 2.50. The van der Waals surface area contributed by atoms with E-state index in [-0.39, 0.29) is 18.3 Å². The summed E-state index contributed by atoms with van der Waals surface area (Å²) in [5.41, 5.74) is -0.716. The summed E-state index contributed by atoms with van der Waals surface area (Å²) in [4.78, 5) is 1.77. The Bertz CT molecular complexity index is 518. The molecular formula is C15H20ClF5N2. The Hall–Kier alpha value is -0.920. The third kappa shape index (κ3) is 4.14. The first-order chi connectivity index (χ1) is 10.3. The smallest absolute Gasteiger partial charge is 0.200 e. The average molecular weight is 359 g/mol. The van der Waals surface area contributed by atoms with E-state index >= 15 is 0 Å². The standard InChI is InChI=1S/C15H19F5N2.ClH/c1-8(2)7-9(22-5-3-21-4-6-22)10-11(16)13(18)15(20)14(19)12(10)17;/h8-9,21H,3-7H2,1-2H3;1H/t9-;/m1./s1. The SMILES string of the molecule is CC(C)C[C@H](c1c(F)c(F)c(F)c(F)c1F)N1CCNCC1.Cl. The minimum Gasteiger partial charge on any atom is -0.314 e. The molecule has 0 saturated carbocycles. The predicted octanol–water partition coefficient (Wildman–Crippen LogP) is 3.80. The minimum atomic E-state index is -2.11. The second-order valence-corrected chi connectivity index (χ2v) is 5.91. The van der Waals surface area contributed by atoms with E-state index in [2.05, 4.69) is 5.32 Å². The molecule has 2 nitrogen and oxygen atoms in total. The van der Waals surface area contributed by atoms with Crippen LogP contribution in [0.3, 0.4) is 0 Å². The van der Waals surface area contributed by atoms with Gasteiger partial charge < -0.3 is 5.32 Å². The molecule has 1 aliphatic heterocycles. The van der Waals surface area contributed by atoms with E-state index in [4.69, 9.17) is 0 Å². The maximum Gasteiger partial charge on any atom is 0.200 e. The van der Waals surface area contributed by atoms with Gasteiger partial charge in [-0.25, -0.2) is 22.0 Å². The Balaban J connectivity index is 0.00000264. The monoisotopic (exact) mass is 358 g/mol. The number of benzene rings is 1. The molecule has 132 valence electrons. The summed E-state index contributed by atoms with van der Waals surface area (Å²) < 4.78 is 68.4. The second kappa shape index (κ2) is 8.26. The van der Waals surface area contributed by atoms with E-state index in [0.717, 1.165) is 0 Å². The Morgan fingerprint density at radius 3 is 1.74 bits per heavy atom. The first-order valence-corrected chi connectivity index (χ1v) is 7.30. The summed E-state index contributed by atoms with van der Waals surface area (Å²) in [7, 11) is 0. The highest BCUT2D eigenvalue weighted by molar-refractivity contribution is 5.85. The normalized spacial score (nSPS) is 17.2. The lowest BCUT2D eigenvalue weighted by atomic mass is 9.93. The second-order valence-electron chi connectivity index (χ2n) is 5.91. The van der Waals surface area contributed by atoms with E-state index in [1.807, 2.05) is 13.8 Å². The van der Waals surface area contributed by atoms with Crippen LogP contribution >= 0.6 is 12.4 Å². The summed E-state index contributed by atoms with van der Waals surface area (Å²) in [6.45, 7) is 5.92. The zero-order valence-electron chi connectivity index (χ0n) is 12.9. The third-order valence-corrected chi connectivity index (χ3v) is 3.86. The molecule has 2 rings (SSSR count). The van der Waals surface area contributed by atoms with Gasteiger partial charge in [0.05, 0.1) is 0 Å². The number of hydrogen-bond donors (Lipinski definition) is 1. The van der Waals surface area contributed by atoms with Crippen molar-refractivity contribution >= 4 is 12.4 Å². The van der Waals surface area contributed by atoms with Crippen molar-refractivity contribution in [1.82, 2.24) is 10.2 Å². The Morgan fingerprint density at radius 1 is 0.870 bits per heavy atom. The van der Waals surface area contributed by atoms with Crippen LogP contribution in [0.15, 0.2) is 0 Å². The molecule has 1 saturated heterocycles. The Kier molecular flexibility index (Phi) is 7.23. The molecule has 23 heavy (non-hydrogen) atoms. The van der Waals surface area contributed by atoms with Crippen molar-refractivity contribution in [3.63, 3.8) is 0 Å². The molecule has 1 aliphatic rings. The fourth-order valence-electron chi connectivity index (χ4n) is 2.80. The maximum absolute atomic E-state index is 14.1. The highest BCUT2D eigenvalue weighted by Gasteiger charge is 2.34. The van der Waals surface area contributed by atoms with E-state index in [9.17, 15) is 22.0 Å². The highest BCUT2D eigenvalue weighted by Crippen LogP contribution is 2.35. The van der Waals surface area contributed by atoms with Gasteiger partial charge in [0.2, 0.25) is 5.82 Å². The first-order valence-electron chi connectivity index (χ1n) is 7.30. The summed E-state index contributed by atoms with van der Waals surface area (Å²) in [6.07, 6.45) is 0.318. The van der Waals surface area contributed by atoms with Gasteiger partial charge in [-0.3, -0.25) is 4.90 Å².